The predicted octanol–water partition coefficient (Wildman–Crippen LogP) is 1.68. The van der Waals surface area contributed by atoms with Crippen molar-refractivity contribution in [3.63, 3.8) is 0 Å². The van der Waals surface area contributed by atoms with Crippen LogP contribution in [-0.4, -0.2) is 46.3 Å². The molecule has 0 radical (unpaired) electrons. The van der Waals surface area contributed by atoms with Crippen molar-refractivity contribution in [2.24, 2.45) is 10.9 Å². The van der Waals surface area contributed by atoms with Crippen LogP contribution in [0.2, 0.25) is 0 Å². The molecule has 0 spiro atoms. The van der Waals surface area contributed by atoms with Gasteiger partial charge < -0.3 is 10.6 Å². The highest BCUT2D eigenvalue weighted by atomic mass is 127. The summed E-state index contributed by atoms with van der Waals surface area (Å²) < 4.78 is 24.4. The van der Waals surface area contributed by atoms with E-state index >= 15 is 0 Å². The molecule has 0 aromatic heterocycles. The zero-order chi connectivity index (χ0) is 15.7. The quantitative estimate of drug-likeness (QED) is 0.241. The van der Waals surface area contributed by atoms with E-state index in [1.807, 2.05) is 6.92 Å². The molecule has 3 N–H and O–H groups in total. The van der Waals surface area contributed by atoms with Gasteiger partial charge in [0.15, 0.2) is 5.96 Å². The first-order valence-corrected chi connectivity index (χ1v) is 9.79. The largest absolute Gasteiger partial charge is 0.357 e. The van der Waals surface area contributed by atoms with Gasteiger partial charge in [0.2, 0.25) is 10.0 Å². The third-order valence-electron chi connectivity index (χ3n) is 3.67. The van der Waals surface area contributed by atoms with E-state index in [1.54, 1.807) is 0 Å². The van der Waals surface area contributed by atoms with Crippen molar-refractivity contribution in [3.8, 4) is 0 Å². The Bertz CT molecular complexity index is 421. The van der Waals surface area contributed by atoms with Gasteiger partial charge in [-0.15, -0.1) is 24.0 Å². The van der Waals surface area contributed by atoms with E-state index < -0.39 is 10.0 Å². The first-order chi connectivity index (χ1) is 9.90. The van der Waals surface area contributed by atoms with Crippen molar-refractivity contribution >= 4 is 40.0 Å². The lowest BCUT2D eigenvalue weighted by molar-refractivity contribution is 0.329. The van der Waals surface area contributed by atoms with Gasteiger partial charge in [-0.1, -0.05) is 6.92 Å². The van der Waals surface area contributed by atoms with Gasteiger partial charge in [0.25, 0.3) is 0 Å². The lowest BCUT2D eigenvalue weighted by Gasteiger charge is -2.28. The van der Waals surface area contributed by atoms with Gasteiger partial charge in [0, 0.05) is 25.7 Å². The van der Waals surface area contributed by atoms with Crippen LogP contribution in [0.3, 0.4) is 0 Å². The van der Waals surface area contributed by atoms with Crippen molar-refractivity contribution in [1.82, 2.24) is 15.4 Å². The highest BCUT2D eigenvalue weighted by molar-refractivity contribution is 14.0. The second-order valence-corrected chi connectivity index (χ2v) is 7.71. The smallest absolute Gasteiger partial charge is 0.208 e. The summed E-state index contributed by atoms with van der Waals surface area (Å²) in [5.74, 6) is 1.68. The topological polar surface area (TPSA) is 82.6 Å². The zero-order valence-electron chi connectivity index (χ0n) is 13.9. The number of rotatable bonds is 7. The van der Waals surface area contributed by atoms with Gasteiger partial charge in [0.05, 0.1) is 6.26 Å². The molecule has 1 rings (SSSR count). The Labute approximate surface area is 152 Å². The molecule has 1 fully saturated rings. The standard InChI is InChI=1S/C14H30N4O2S.HI/c1-4-15-14(16-10-5-11-17-21(3,19)20)18-13-8-6-12(2)7-9-13;/h12-13,17H,4-11H2,1-3H3,(H2,15,16,18);1H. The van der Waals surface area contributed by atoms with Gasteiger partial charge in [-0.3, -0.25) is 4.99 Å². The molecule has 1 saturated carbocycles. The first kappa shape index (κ1) is 21.9. The summed E-state index contributed by atoms with van der Waals surface area (Å²) in [6.07, 6.45) is 6.81. The molecule has 132 valence electrons. The molecule has 0 aromatic rings. The average Bonchev–Trinajstić information content (AvgIpc) is 2.40. The third kappa shape index (κ3) is 10.6. The fraction of sp³-hybridized carbons (Fsp3) is 0.929. The van der Waals surface area contributed by atoms with Crippen LogP contribution in [0.1, 0.15) is 46.0 Å². The number of nitrogens with one attached hydrogen (secondary N) is 3. The van der Waals surface area contributed by atoms with E-state index in [9.17, 15) is 8.42 Å². The number of guanidine groups is 1. The lowest BCUT2D eigenvalue weighted by atomic mass is 9.87. The summed E-state index contributed by atoms with van der Waals surface area (Å²) in [6.45, 7) is 6.23. The Balaban J connectivity index is 0.00000441. The normalized spacial score (nSPS) is 22.8. The minimum absolute atomic E-state index is 0. The van der Waals surface area contributed by atoms with E-state index in [1.165, 1.54) is 31.9 Å². The summed E-state index contributed by atoms with van der Waals surface area (Å²) in [7, 11) is -3.09. The van der Waals surface area contributed by atoms with Crippen LogP contribution in [0.5, 0.6) is 0 Å². The van der Waals surface area contributed by atoms with E-state index in [0.717, 1.165) is 18.4 Å². The van der Waals surface area contributed by atoms with Crippen molar-refractivity contribution in [1.29, 1.82) is 0 Å². The number of hydrogen-bond donors (Lipinski definition) is 3. The summed E-state index contributed by atoms with van der Waals surface area (Å²) >= 11 is 0. The molecular weight excluding hydrogens is 415 g/mol. The van der Waals surface area contributed by atoms with Gasteiger partial charge >= 0.3 is 0 Å². The molecule has 1 aliphatic carbocycles. The molecule has 22 heavy (non-hydrogen) atoms. The maximum absolute atomic E-state index is 10.9. The van der Waals surface area contributed by atoms with Gasteiger partial charge in [-0.05, 0) is 44.9 Å². The molecule has 0 atom stereocenters. The summed E-state index contributed by atoms with van der Waals surface area (Å²) in [5, 5.41) is 6.73. The third-order valence-corrected chi connectivity index (χ3v) is 4.40. The SMILES string of the molecule is CCNC(=NCCCNS(C)(=O)=O)NC1CCC(C)CC1.I. The van der Waals surface area contributed by atoms with Gasteiger partial charge in [-0.2, -0.15) is 0 Å². The van der Waals surface area contributed by atoms with Gasteiger partial charge in [0.1, 0.15) is 0 Å². The average molecular weight is 446 g/mol. The molecule has 0 saturated heterocycles. The van der Waals surface area contributed by atoms with Crippen LogP contribution >= 0.6 is 24.0 Å². The Morgan fingerprint density at radius 1 is 1.23 bits per heavy atom. The van der Waals surface area contributed by atoms with Crippen LogP contribution in [0, 0.1) is 5.92 Å². The van der Waals surface area contributed by atoms with Crippen LogP contribution in [0.25, 0.3) is 0 Å². The molecule has 0 bridgehead atoms. The summed E-state index contributed by atoms with van der Waals surface area (Å²) in [6, 6.07) is 0.508. The summed E-state index contributed by atoms with van der Waals surface area (Å²) in [5.41, 5.74) is 0. The Kier molecular flexibility index (Phi) is 11.4. The minimum Gasteiger partial charge on any atom is -0.357 e. The van der Waals surface area contributed by atoms with Crippen molar-refractivity contribution in [2.45, 2.75) is 52.0 Å². The molecule has 0 aliphatic heterocycles. The van der Waals surface area contributed by atoms with E-state index in [-0.39, 0.29) is 24.0 Å². The van der Waals surface area contributed by atoms with E-state index in [2.05, 4.69) is 27.3 Å². The van der Waals surface area contributed by atoms with Crippen LogP contribution in [-0.2, 0) is 10.0 Å². The second-order valence-electron chi connectivity index (χ2n) is 5.88. The van der Waals surface area contributed by atoms with Crippen LogP contribution in [0.15, 0.2) is 4.99 Å². The van der Waals surface area contributed by atoms with Crippen molar-refractivity contribution in [3.05, 3.63) is 0 Å². The molecule has 0 heterocycles. The van der Waals surface area contributed by atoms with Crippen LogP contribution in [0.4, 0.5) is 0 Å². The summed E-state index contributed by atoms with van der Waals surface area (Å²) in [4.78, 5) is 4.51. The number of nitrogens with zero attached hydrogens (tertiary/aromatic N) is 1. The van der Waals surface area contributed by atoms with Crippen LogP contribution < -0.4 is 15.4 Å². The lowest BCUT2D eigenvalue weighted by Crippen LogP contribution is -2.44. The van der Waals surface area contributed by atoms with E-state index in [4.69, 9.17) is 0 Å². The Morgan fingerprint density at radius 3 is 2.41 bits per heavy atom. The molecule has 6 nitrogen and oxygen atoms in total. The molecular formula is C14H31IN4O2S. The number of hydrogen-bond acceptors (Lipinski definition) is 3. The monoisotopic (exact) mass is 446 g/mol. The highest BCUT2D eigenvalue weighted by Gasteiger charge is 2.18. The van der Waals surface area contributed by atoms with Gasteiger partial charge in [-0.25, -0.2) is 13.1 Å². The zero-order valence-corrected chi connectivity index (χ0v) is 17.0. The van der Waals surface area contributed by atoms with E-state index in [0.29, 0.717) is 25.6 Å². The Hall–Kier alpha value is -0.0900. The maximum Gasteiger partial charge on any atom is 0.208 e. The second kappa shape index (κ2) is 11.4. The number of sulfonamides is 1. The number of aliphatic imine (C=N–C) groups is 1. The molecule has 8 heteroatoms. The first-order valence-electron chi connectivity index (χ1n) is 7.90. The predicted molar refractivity (Wildman–Crippen MR) is 103 cm³/mol. The highest BCUT2D eigenvalue weighted by Crippen LogP contribution is 2.23. The van der Waals surface area contributed by atoms with Crippen molar-refractivity contribution in [2.75, 3.05) is 25.9 Å². The van der Waals surface area contributed by atoms with Crippen molar-refractivity contribution < 1.29 is 8.42 Å². The molecule has 0 amide bonds. The minimum atomic E-state index is -3.09. The molecule has 0 unspecified atom stereocenters. The molecule has 0 aromatic carbocycles. The fourth-order valence-electron chi connectivity index (χ4n) is 2.45. The number of halogens is 1. The molecule has 1 aliphatic rings. The Morgan fingerprint density at radius 2 is 1.86 bits per heavy atom. The maximum atomic E-state index is 10.9. The fourth-order valence-corrected chi connectivity index (χ4v) is 2.96.